The van der Waals surface area contributed by atoms with E-state index in [0.29, 0.717) is 29.4 Å². The molecule has 2 fully saturated rings. The van der Waals surface area contributed by atoms with Crippen molar-refractivity contribution in [1.82, 2.24) is 19.4 Å². The Labute approximate surface area is 194 Å². The molecule has 2 aromatic carbocycles. The third-order valence-corrected chi connectivity index (χ3v) is 7.20. The number of hydrogen-bond donors (Lipinski definition) is 0. The van der Waals surface area contributed by atoms with Crippen molar-refractivity contribution < 1.29 is 4.79 Å². The van der Waals surface area contributed by atoms with Crippen LogP contribution < -0.4 is 5.56 Å². The molecule has 33 heavy (non-hydrogen) atoms. The minimum absolute atomic E-state index is 0.0641. The minimum atomic E-state index is -0.0924. The quantitative estimate of drug-likeness (QED) is 0.614. The monoisotopic (exact) mass is 444 g/mol. The lowest BCUT2D eigenvalue weighted by atomic mass is 9.99. The Morgan fingerprint density at radius 3 is 2.42 bits per heavy atom. The molecule has 0 unspecified atom stereocenters. The fourth-order valence-corrected chi connectivity index (χ4v) is 5.33. The first-order valence-electron chi connectivity index (χ1n) is 12.2. The zero-order valence-electron chi connectivity index (χ0n) is 19.4. The van der Waals surface area contributed by atoms with Crippen LogP contribution in [-0.4, -0.2) is 57.5 Å². The molecule has 1 aromatic heterocycles. The van der Waals surface area contributed by atoms with Gasteiger partial charge >= 0.3 is 0 Å². The molecule has 1 amide bonds. The van der Waals surface area contributed by atoms with Crippen molar-refractivity contribution in [3.8, 4) is 0 Å². The Kier molecular flexibility index (Phi) is 6.27. The van der Waals surface area contributed by atoms with Crippen molar-refractivity contribution in [2.24, 2.45) is 0 Å². The summed E-state index contributed by atoms with van der Waals surface area (Å²) < 4.78 is 1.76. The highest BCUT2D eigenvalue weighted by Crippen LogP contribution is 2.23. The van der Waals surface area contributed by atoms with Crippen LogP contribution >= 0.6 is 0 Å². The number of fused-ring (bicyclic) bond motifs is 1. The SMILES string of the molecule is Cc1nc2cc(C(=O)N3CCC(N4CCCCC4)CC3)ccc2n(Cc2ccccc2)c1=O. The number of likely N-dealkylation sites (tertiary alicyclic amines) is 2. The van der Waals surface area contributed by atoms with Crippen LogP contribution in [0.25, 0.3) is 11.0 Å². The van der Waals surface area contributed by atoms with E-state index < -0.39 is 0 Å². The van der Waals surface area contributed by atoms with Crippen molar-refractivity contribution in [3.63, 3.8) is 0 Å². The predicted octanol–water partition coefficient (Wildman–Crippen LogP) is 3.84. The maximum Gasteiger partial charge on any atom is 0.272 e. The highest BCUT2D eigenvalue weighted by molar-refractivity contribution is 5.97. The molecule has 0 spiro atoms. The Bertz CT molecular complexity index is 1190. The molecule has 0 bridgehead atoms. The van der Waals surface area contributed by atoms with E-state index in [2.05, 4.69) is 9.88 Å². The van der Waals surface area contributed by atoms with Gasteiger partial charge in [0.1, 0.15) is 5.69 Å². The molecule has 0 radical (unpaired) electrons. The second kappa shape index (κ2) is 9.48. The van der Waals surface area contributed by atoms with Crippen LogP contribution in [0.15, 0.2) is 53.3 Å². The first-order valence-corrected chi connectivity index (χ1v) is 12.2. The molecule has 2 saturated heterocycles. The first kappa shape index (κ1) is 21.8. The highest BCUT2D eigenvalue weighted by Gasteiger charge is 2.28. The highest BCUT2D eigenvalue weighted by atomic mass is 16.2. The summed E-state index contributed by atoms with van der Waals surface area (Å²) in [4.78, 5) is 35.2. The van der Waals surface area contributed by atoms with Gasteiger partial charge in [0.2, 0.25) is 0 Å². The Balaban J connectivity index is 1.35. The van der Waals surface area contributed by atoms with Gasteiger partial charge in [0.25, 0.3) is 11.5 Å². The third kappa shape index (κ3) is 4.58. The van der Waals surface area contributed by atoms with Crippen LogP contribution in [0.5, 0.6) is 0 Å². The second-order valence-electron chi connectivity index (χ2n) is 9.40. The van der Waals surface area contributed by atoms with Gasteiger partial charge in [-0.1, -0.05) is 36.8 Å². The molecule has 2 aliphatic rings. The Hall–Kier alpha value is -2.99. The minimum Gasteiger partial charge on any atom is -0.339 e. The van der Waals surface area contributed by atoms with Crippen LogP contribution in [-0.2, 0) is 6.54 Å². The van der Waals surface area contributed by atoms with Crippen molar-refractivity contribution in [3.05, 3.63) is 75.7 Å². The van der Waals surface area contributed by atoms with Gasteiger partial charge in [0.05, 0.1) is 17.6 Å². The van der Waals surface area contributed by atoms with Gasteiger partial charge in [-0.15, -0.1) is 0 Å². The van der Waals surface area contributed by atoms with E-state index in [-0.39, 0.29) is 11.5 Å². The number of nitrogens with zero attached hydrogens (tertiary/aromatic N) is 4. The molecular weight excluding hydrogens is 412 g/mol. The predicted molar refractivity (Wildman–Crippen MR) is 131 cm³/mol. The first-order chi connectivity index (χ1) is 16.1. The van der Waals surface area contributed by atoms with Crippen LogP contribution in [0.4, 0.5) is 0 Å². The van der Waals surface area contributed by atoms with E-state index in [9.17, 15) is 9.59 Å². The average molecular weight is 445 g/mol. The maximum atomic E-state index is 13.3. The fourth-order valence-electron chi connectivity index (χ4n) is 5.33. The van der Waals surface area contributed by atoms with Crippen molar-refractivity contribution in [1.29, 1.82) is 0 Å². The second-order valence-corrected chi connectivity index (χ2v) is 9.40. The van der Waals surface area contributed by atoms with Gasteiger partial charge in [-0.3, -0.25) is 9.59 Å². The zero-order valence-corrected chi connectivity index (χ0v) is 19.4. The van der Waals surface area contributed by atoms with Crippen LogP contribution in [0.3, 0.4) is 0 Å². The van der Waals surface area contributed by atoms with E-state index in [0.717, 1.165) is 37.0 Å². The molecule has 0 atom stereocenters. The lowest BCUT2D eigenvalue weighted by molar-refractivity contribution is 0.0590. The molecule has 0 N–H and O–H groups in total. The molecule has 3 aromatic rings. The number of aromatic nitrogens is 2. The summed E-state index contributed by atoms with van der Waals surface area (Å²) in [5.74, 6) is 0.0641. The average Bonchev–Trinajstić information content (AvgIpc) is 2.87. The summed E-state index contributed by atoms with van der Waals surface area (Å²) in [6, 6.07) is 16.1. The number of aryl methyl sites for hydroxylation is 1. The lowest BCUT2D eigenvalue weighted by Crippen LogP contribution is -2.48. The summed E-state index contributed by atoms with van der Waals surface area (Å²) in [5, 5.41) is 0. The summed E-state index contributed by atoms with van der Waals surface area (Å²) >= 11 is 0. The van der Waals surface area contributed by atoms with E-state index in [1.165, 1.54) is 32.4 Å². The number of rotatable bonds is 4. The van der Waals surface area contributed by atoms with Gasteiger partial charge in [-0.2, -0.15) is 0 Å². The number of piperidine rings is 2. The van der Waals surface area contributed by atoms with E-state index in [1.54, 1.807) is 11.5 Å². The topological polar surface area (TPSA) is 58.4 Å². The number of carbonyl (C=O) groups excluding carboxylic acids is 1. The van der Waals surface area contributed by atoms with Crippen molar-refractivity contribution in [2.75, 3.05) is 26.2 Å². The summed E-state index contributed by atoms with van der Waals surface area (Å²) in [6.07, 6.45) is 6.05. The van der Waals surface area contributed by atoms with Gasteiger partial charge in [0, 0.05) is 24.7 Å². The molecule has 172 valence electrons. The third-order valence-electron chi connectivity index (χ3n) is 7.20. The maximum absolute atomic E-state index is 13.3. The molecule has 5 rings (SSSR count). The number of hydrogen-bond acceptors (Lipinski definition) is 4. The normalized spacial score (nSPS) is 18.0. The molecule has 2 aliphatic heterocycles. The molecular formula is C27H32N4O2. The van der Waals surface area contributed by atoms with Crippen LogP contribution in [0, 0.1) is 6.92 Å². The smallest absolute Gasteiger partial charge is 0.272 e. The fraction of sp³-hybridized carbons (Fsp3) is 0.444. The number of carbonyl (C=O) groups is 1. The molecule has 6 nitrogen and oxygen atoms in total. The molecule has 0 aliphatic carbocycles. The largest absolute Gasteiger partial charge is 0.339 e. The van der Waals surface area contributed by atoms with E-state index in [4.69, 9.17) is 0 Å². The summed E-state index contributed by atoms with van der Waals surface area (Å²) in [7, 11) is 0. The summed E-state index contributed by atoms with van der Waals surface area (Å²) in [6.45, 7) is 6.24. The standard InChI is InChI=1S/C27H32N4O2/c1-20-26(32)31(19-21-8-4-2-5-9-21)25-11-10-22(18-24(25)28-20)27(33)30-16-12-23(13-17-30)29-14-6-3-7-15-29/h2,4-5,8-11,18,23H,3,6-7,12-17,19H2,1H3. The Morgan fingerprint density at radius 1 is 0.970 bits per heavy atom. The summed E-state index contributed by atoms with van der Waals surface area (Å²) in [5.41, 5.74) is 3.52. The zero-order chi connectivity index (χ0) is 22.8. The van der Waals surface area contributed by atoms with Gasteiger partial charge < -0.3 is 14.4 Å². The number of amides is 1. The molecule has 0 saturated carbocycles. The van der Waals surface area contributed by atoms with Crippen LogP contribution in [0.1, 0.15) is 53.7 Å². The molecule has 6 heteroatoms. The van der Waals surface area contributed by atoms with Gasteiger partial charge in [-0.25, -0.2) is 4.98 Å². The van der Waals surface area contributed by atoms with Crippen molar-refractivity contribution in [2.45, 2.75) is 51.6 Å². The van der Waals surface area contributed by atoms with Crippen molar-refractivity contribution >= 4 is 16.9 Å². The van der Waals surface area contributed by atoms with Crippen LogP contribution in [0.2, 0.25) is 0 Å². The Morgan fingerprint density at radius 2 is 1.70 bits per heavy atom. The van der Waals surface area contributed by atoms with E-state index in [1.807, 2.05) is 53.4 Å². The molecule has 3 heterocycles. The number of benzene rings is 2. The van der Waals surface area contributed by atoms with E-state index >= 15 is 0 Å². The van der Waals surface area contributed by atoms with Gasteiger partial charge in [0.15, 0.2) is 0 Å². The lowest BCUT2D eigenvalue weighted by Gasteiger charge is -2.40. The van der Waals surface area contributed by atoms with Gasteiger partial charge in [-0.05, 0) is 69.5 Å².